The number of aromatic nitrogens is 2. The molecule has 0 aliphatic heterocycles. The van der Waals surface area contributed by atoms with Crippen LogP contribution < -0.4 is 0 Å². The van der Waals surface area contributed by atoms with Crippen LogP contribution in [0.2, 0.25) is 0 Å². The SMILES string of the molecule is Cc1n[nH]c(C)c1S(=O)(=O)N(C)CCC#N. The predicted molar refractivity (Wildman–Crippen MR) is 58.1 cm³/mol. The summed E-state index contributed by atoms with van der Waals surface area (Å²) in [6.45, 7) is 3.47. The van der Waals surface area contributed by atoms with E-state index in [1.807, 2.05) is 6.07 Å². The van der Waals surface area contributed by atoms with Gasteiger partial charge in [0.05, 0.1) is 17.5 Å². The number of sulfonamides is 1. The fourth-order valence-electron chi connectivity index (χ4n) is 1.40. The number of H-pyrrole nitrogens is 1. The van der Waals surface area contributed by atoms with E-state index in [-0.39, 0.29) is 17.9 Å². The number of nitrogens with zero attached hydrogens (tertiary/aromatic N) is 3. The lowest BCUT2D eigenvalue weighted by molar-refractivity contribution is 0.475. The Bertz CT molecular complexity index is 493. The minimum atomic E-state index is -3.54. The summed E-state index contributed by atoms with van der Waals surface area (Å²) in [6, 6.07) is 1.92. The highest BCUT2D eigenvalue weighted by molar-refractivity contribution is 7.89. The number of rotatable bonds is 4. The third-order valence-electron chi connectivity index (χ3n) is 2.27. The van der Waals surface area contributed by atoms with Gasteiger partial charge in [-0.1, -0.05) is 0 Å². The van der Waals surface area contributed by atoms with Crippen LogP contribution in [-0.4, -0.2) is 36.5 Å². The van der Waals surface area contributed by atoms with Gasteiger partial charge in [0.25, 0.3) is 0 Å². The smallest absolute Gasteiger partial charge is 0.246 e. The molecule has 16 heavy (non-hydrogen) atoms. The Morgan fingerprint density at radius 3 is 2.56 bits per heavy atom. The fraction of sp³-hybridized carbons (Fsp3) is 0.556. The van der Waals surface area contributed by atoms with Crippen LogP contribution >= 0.6 is 0 Å². The van der Waals surface area contributed by atoms with Crippen molar-refractivity contribution in [3.05, 3.63) is 11.4 Å². The Labute approximate surface area is 94.9 Å². The maximum absolute atomic E-state index is 12.1. The van der Waals surface area contributed by atoms with Crippen molar-refractivity contribution in [2.24, 2.45) is 0 Å². The molecular formula is C9H14N4O2S. The molecule has 0 unspecified atom stereocenters. The van der Waals surface area contributed by atoms with Gasteiger partial charge in [0, 0.05) is 20.0 Å². The molecule has 1 heterocycles. The molecule has 1 aromatic heterocycles. The van der Waals surface area contributed by atoms with Gasteiger partial charge in [0.1, 0.15) is 4.90 Å². The number of aromatic amines is 1. The molecule has 0 atom stereocenters. The van der Waals surface area contributed by atoms with Crippen LogP contribution in [0.25, 0.3) is 0 Å². The first-order chi connectivity index (χ1) is 7.41. The highest BCUT2D eigenvalue weighted by atomic mass is 32.2. The standard InChI is InChI=1S/C9H14N4O2S/c1-7-9(8(2)12-11-7)16(14,15)13(3)6-4-5-10/h4,6H2,1-3H3,(H,11,12). The molecule has 0 bridgehead atoms. The van der Waals surface area contributed by atoms with Crippen LogP contribution in [0, 0.1) is 25.2 Å². The van der Waals surface area contributed by atoms with E-state index in [0.717, 1.165) is 0 Å². The molecule has 1 rings (SSSR count). The molecule has 88 valence electrons. The number of nitriles is 1. The molecule has 0 aromatic carbocycles. The summed E-state index contributed by atoms with van der Waals surface area (Å²) in [5.41, 5.74) is 0.961. The van der Waals surface area contributed by atoms with Gasteiger partial charge in [0.2, 0.25) is 10.0 Å². The van der Waals surface area contributed by atoms with Crippen LogP contribution in [0.1, 0.15) is 17.8 Å². The lowest BCUT2D eigenvalue weighted by Crippen LogP contribution is -2.28. The number of hydrogen-bond acceptors (Lipinski definition) is 4. The topological polar surface area (TPSA) is 89.8 Å². The van der Waals surface area contributed by atoms with E-state index in [0.29, 0.717) is 11.4 Å². The first-order valence-electron chi connectivity index (χ1n) is 4.76. The Hall–Kier alpha value is -1.39. The van der Waals surface area contributed by atoms with E-state index >= 15 is 0 Å². The lowest BCUT2D eigenvalue weighted by Gasteiger charge is -2.15. The van der Waals surface area contributed by atoms with E-state index in [1.165, 1.54) is 11.4 Å². The quantitative estimate of drug-likeness (QED) is 0.835. The zero-order valence-electron chi connectivity index (χ0n) is 9.48. The number of nitrogens with one attached hydrogen (secondary N) is 1. The van der Waals surface area contributed by atoms with Crippen LogP contribution in [-0.2, 0) is 10.0 Å². The summed E-state index contributed by atoms with van der Waals surface area (Å²) >= 11 is 0. The summed E-state index contributed by atoms with van der Waals surface area (Å²) in [5.74, 6) is 0. The molecule has 1 N–H and O–H groups in total. The molecule has 0 aliphatic carbocycles. The first-order valence-corrected chi connectivity index (χ1v) is 6.20. The second-order valence-corrected chi connectivity index (χ2v) is 5.48. The van der Waals surface area contributed by atoms with Crippen molar-refractivity contribution < 1.29 is 8.42 Å². The van der Waals surface area contributed by atoms with Gasteiger partial charge >= 0.3 is 0 Å². The molecule has 7 heteroatoms. The van der Waals surface area contributed by atoms with Crippen molar-refractivity contribution in [2.45, 2.75) is 25.2 Å². The van der Waals surface area contributed by atoms with Crippen LogP contribution in [0.5, 0.6) is 0 Å². The maximum atomic E-state index is 12.1. The molecule has 0 amide bonds. The van der Waals surface area contributed by atoms with Gasteiger partial charge in [-0.25, -0.2) is 8.42 Å². The van der Waals surface area contributed by atoms with E-state index in [4.69, 9.17) is 5.26 Å². The minimum absolute atomic E-state index is 0.172. The van der Waals surface area contributed by atoms with E-state index in [9.17, 15) is 8.42 Å². The monoisotopic (exact) mass is 242 g/mol. The third kappa shape index (κ3) is 2.23. The average Bonchev–Trinajstić information content (AvgIpc) is 2.55. The zero-order chi connectivity index (χ0) is 12.3. The Kier molecular flexibility index (Phi) is 3.67. The molecule has 0 fully saturated rings. The Morgan fingerprint density at radius 1 is 1.50 bits per heavy atom. The molecule has 1 aromatic rings. The molecule has 0 saturated carbocycles. The van der Waals surface area contributed by atoms with Crippen LogP contribution in [0.4, 0.5) is 0 Å². The lowest BCUT2D eigenvalue weighted by atomic mass is 10.4. The minimum Gasteiger partial charge on any atom is -0.281 e. The summed E-state index contributed by atoms with van der Waals surface area (Å²) in [7, 11) is -2.08. The van der Waals surface area contributed by atoms with Crippen LogP contribution in [0.15, 0.2) is 4.90 Å². The highest BCUT2D eigenvalue weighted by Gasteiger charge is 2.26. The number of aryl methyl sites for hydroxylation is 2. The van der Waals surface area contributed by atoms with E-state index < -0.39 is 10.0 Å². The Balaban J connectivity index is 3.08. The molecule has 0 aliphatic rings. The normalized spacial score (nSPS) is 11.7. The van der Waals surface area contributed by atoms with Gasteiger partial charge in [-0.3, -0.25) is 5.10 Å². The summed E-state index contributed by atoms with van der Waals surface area (Å²) < 4.78 is 25.4. The van der Waals surface area contributed by atoms with Crippen molar-refractivity contribution in [2.75, 3.05) is 13.6 Å². The zero-order valence-corrected chi connectivity index (χ0v) is 10.3. The number of hydrogen-bond donors (Lipinski definition) is 1. The van der Waals surface area contributed by atoms with Gasteiger partial charge in [-0.15, -0.1) is 0 Å². The molecular weight excluding hydrogens is 228 g/mol. The predicted octanol–water partition coefficient (Wildman–Crippen LogP) is 0.561. The third-order valence-corrected chi connectivity index (χ3v) is 4.39. The van der Waals surface area contributed by atoms with Crippen molar-refractivity contribution in [3.8, 4) is 6.07 Å². The van der Waals surface area contributed by atoms with Gasteiger partial charge in [-0.2, -0.15) is 14.7 Å². The molecule has 6 nitrogen and oxygen atoms in total. The molecule has 0 saturated heterocycles. The Morgan fingerprint density at radius 2 is 2.12 bits per heavy atom. The average molecular weight is 242 g/mol. The fourth-order valence-corrected chi connectivity index (χ4v) is 2.90. The van der Waals surface area contributed by atoms with Gasteiger partial charge < -0.3 is 0 Å². The van der Waals surface area contributed by atoms with Crippen molar-refractivity contribution in [1.29, 1.82) is 5.26 Å². The second kappa shape index (κ2) is 4.63. The van der Waals surface area contributed by atoms with Crippen molar-refractivity contribution in [3.63, 3.8) is 0 Å². The van der Waals surface area contributed by atoms with Crippen LogP contribution in [0.3, 0.4) is 0 Å². The van der Waals surface area contributed by atoms with Crippen molar-refractivity contribution >= 4 is 10.0 Å². The molecule has 0 spiro atoms. The summed E-state index contributed by atoms with van der Waals surface area (Å²) in [6.07, 6.45) is 0.172. The van der Waals surface area contributed by atoms with Crippen molar-refractivity contribution in [1.82, 2.24) is 14.5 Å². The summed E-state index contributed by atoms with van der Waals surface area (Å²) in [4.78, 5) is 0.202. The summed E-state index contributed by atoms with van der Waals surface area (Å²) in [5, 5.41) is 14.9. The maximum Gasteiger partial charge on any atom is 0.246 e. The highest BCUT2D eigenvalue weighted by Crippen LogP contribution is 2.20. The van der Waals surface area contributed by atoms with E-state index in [2.05, 4.69) is 10.2 Å². The molecule has 0 radical (unpaired) electrons. The van der Waals surface area contributed by atoms with Gasteiger partial charge in [-0.05, 0) is 13.8 Å². The first kappa shape index (κ1) is 12.7. The second-order valence-electron chi connectivity index (χ2n) is 3.50. The largest absolute Gasteiger partial charge is 0.281 e. The van der Waals surface area contributed by atoms with Gasteiger partial charge in [0.15, 0.2) is 0 Å². The van der Waals surface area contributed by atoms with E-state index in [1.54, 1.807) is 13.8 Å².